The van der Waals surface area contributed by atoms with E-state index in [4.69, 9.17) is 5.11 Å². The molecule has 0 saturated heterocycles. The quantitative estimate of drug-likeness (QED) is 0.359. The number of nitrogens with zero attached hydrogens (tertiary/aromatic N) is 1. The molecule has 1 aromatic carbocycles. The fourth-order valence-electron chi connectivity index (χ4n) is 0.991. The molecule has 0 bridgehead atoms. The van der Waals surface area contributed by atoms with Gasteiger partial charge in [0.25, 0.3) is 5.69 Å². The minimum Gasteiger partial charge on any atom is -0.478 e. The average molecular weight is 221 g/mol. The minimum absolute atomic E-state index is 0.126. The van der Waals surface area contributed by atoms with Gasteiger partial charge < -0.3 is 5.11 Å². The third kappa shape index (κ3) is 3.02. The van der Waals surface area contributed by atoms with Crippen molar-refractivity contribution in [2.24, 2.45) is 0 Å². The van der Waals surface area contributed by atoms with E-state index in [1.165, 1.54) is 24.3 Å². The fraction of sp³-hybridized carbons (Fsp3) is 0. The topological polar surface area (TPSA) is 97.5 Å². The van der Waals surface area contributed by atoms with Crippen molar-refractivity contribution < 1.29 is 19.6 Å². The van der Waals surface area contributed by atoms with Crippen LogP contribution in [0.25, 0.3) is 0 Å². The van der Waals surface area contributed by atoms with Crippen LogP contribution in [0.4, 0.5) is 5.69 Å². The lowest BCUT2D eigenvalue weighted by Crippen LogP contribution is -1.97. The Morgan fingerprint density at radius 2 is 1.75 bits per heavy atom. The Hall–Kier alpha value is -2.50. The predicted molar refractivity (Wildman–Crippen MR) is 54.2 cm³/mol. The van der Waals surface area contributed by atoms with E-state index in [0.717, 1.165) is 6.08 Å². The number of carboxylic acids is 1. The maximum atomic E-state index is 11.3. The van der Waals surface area contributed by atoms with Crippen LogP contribution >= 0.6 is 0 Å². The molecule has 0 unspecified atom stereocenters. The molecule has 0 spiro atoms. The van der Waals surface area contributed by atoms with Crippen molar-refractivity contribution in [2.75, 3.05) is 0 Å². The highest BCUT2D eigenvalue weighted by Crippen LogP contribution is 2.12. The highest BCUT2D eigenvalue weighted by molar-refractivity contribution is 6.06. The molecule has 1 rings (SSSR count). The Balaban J connectivity index is 2.86. The number of rotatable bonds is 4. The first-order valence-corrected chi connectivity index (χ1v) is 4.20. The molecule has 0 aliphatic rings. The molecule has 1 N–H and O–H groups in total. The summed E-state index contributed by atoms with van der Waals surface area (Å²) in [5.41, 5.74) is 0.0712. The number of allylic oxidation sites excluding steroid dienone is 1. The van der Waals surface area contributed by atoms with Crippen LogP contribution in [0, 0.1) is 10.1 Å². The molecule has 1 aromatic rings. The maximum Gasteiger partial charge on any atom is 0.328 e. The SMILES string of the molecule is O=C(O)/C=C/C(=O)c1ccc([N+](=O)[O-])cc1. The van der Waals surface area contributed by atoms with Crippen molar-refractivity contribution in [3.63, 3.8) is 0 Å². The van der Waals surface area contributed by atoms with Crippen LogP contribution in [0.1, 0.15) is 10.4 Å². The second kappa shape index (κ2) is 4.83. The first kappa shape index (κ1) is 11.6. The van der Waals surface area contributed by atoms with Gasteiger partial charge in [0.05, 0.1) is 4.92 Å². The number of ketones is 1. The number of carbonyl (C=O) groups excluding carboxylic acids is 1. The zero-order chi connectivity index (χ0) is 12.1. The largest absolute Gasteiger partial charge is 0.478 e. The van der Waals surface area contributed by atoms with Crippen LogP contribution in [0.15, 0.2) is 36.4 Å². The van der Waals surface area contributed by atoms with Crippen molar-refractivity contribution in [1.82, 2.24) is 0 Å². The molecule has 6 nitrogen and oxygen atoms in total. The molecule has 0 fully saturated rings. The first-order chi connectivity index (χ1) is 7.50. The lowest BCUT2D eigenvalue weighted by Gasteiger charge is -1.94. The Morgan fingerprint density at radius 1 is 1.19 bits per heavy atom. The molecule has 16 heavy (non-hydrogen) atoms. The first-order valence-electron chi connectivity index (χ1n) is 4.20. The second-order valence-corrected chi connectivity index (χ2v) is 2.84. The molecular formula is C10H7NO5. The summed E-state index contributed by atoms with van der Waals surface area (Å²) in [5.74, 6) is -1.74. The molecule has 0 heterocycles. The average Bonchev–Trinajstić information content (AvgIpc) is 2.26. The molecule has 0 saturated carbocycles. The van der Waals surface area contributed by atoms with E-state index < -0.39 is 16.7 Å². The lowest BCUT2D eigenvalue weighted by molar-refractivity contribution is -0.384. The standard InChI is InChI=1S/C10H7NO5/c12-9(5-6-10(13)14)7-1-3-8(4-2-7)11(15)16/h1-6H,(H,13,14)/b6-5+. The van der Waals surface area contributed by atoms with Crippen LogP contribution in [-0.2, 0) is 4.79 Å². The van der Waals surface area contributed by atoms with Crippen molar-refractivity contribution in [3.8, 4) is 0 Å². The summed E-state index contributed by atoms with van der Waals surface area (Å²) in [6, 6.07) is 4.91. The van der Waals surface area contributed by atoms with Crippen LogP contribution in [0.5, 0.6) is 0 Å². The van der Waals surface area contributed by atoms with Crippen LogP contribution < -0.4 is 0 Å². The molecule has 0 amide bonds. The zero-order valence-electron chi connectivity index (χ0n) is 7.99. The molecular weight excluding hydrogens is 214 g/mol. The summed E-state index contributed by atoms with van der Waals surface area (Å²) in [7, 11) is 0. The number of hydrogen-bond acceptors (Lipinski definition) is 4. The van der Waals surface area contributed by atoms with Crippen LogP contribution in [0.2, 0.25) is 0 Å². The third-order valence-electron chi connectivity index (χ3n) is 1.74. The summed E-state index contributed by atoms with van der Waals surface area (Å²) in [4.78, 5) is 31.2. The van der Waals surface area contributed by atoms with Crippen LogP contribution in [0.3, 0.4) is 0 Å². The van der Waals surface area contributed by atoms with Crippen LogP contribution in [-0.4, -0.2) is 21.8 Å². The lowest BCUT2D eigenvalue weighted by atomic mass is 10.1. The minimum atomic E-state index is -1.23. The highest BCUT2D eigenvalue weighted by atomic mass is 16.6. The third-order valence-corrected chi connectivity index (χ3v) is 1.74. The fourth-order valence-corrected chi connectivity index (χ4v) is 0.991. The summed E-state index contributed by atoms with van der Waals surface area (Å²) < 4.78 is 0. The van der Waals surface area contributed by atoms with Crippen molar-refractivity contribution in [2.45, 2.75) is 0 Å². The van der Waals surface area contributed by atoms with Gasteiger partial charge in [0.1, 0.15) is 0 Å². The Bertz CT molecular complexity index is 461. The van der Waals surface area contributed by atoms with Gasteiger partial charge in [-0.15, -0.1) is 0 Å². The highest BCUT2D eigenvalue weighted by Gasteiger charge is 2.07. The summed E-state index contributed by atoms with van der Waals surface area (Å²) in [6.07, 6.45) is 1.60. The van der Waals surface area contributed by atoms with E-state index in [1.807, 2.05) is 0 Å². The van der Waals surface area contributed by atoms with Crippen molar-refractivity contribution in [3.05, 3.63) is 52.1 Å². The Labute approximate surface area is 90.0 Å². The van der Waals surface area contributed by atoms with E-state index in [1.54, 1.807) is 0 Å². The van der Waals surface area contributed by atoms with Gasteiger partial charge in [0.15, 0.2) is 5.78 Å². The monoisotopic (exact) mass is 221 g/mol. The number of aliphatic carboxylic acids is 1. The number of nitro groups is 1. The van der Waals surface area contributed by atoms with Crippen molar-refractivity contribution >= 4 is 17.4 Å². The van der Waals surface area contributed by atoms with Gasteiger partial charge in [-0.2, -0.15) is 0 Å². The van der Waals surface area contributed by atoms with Crippen molar-refractivity contribution in [1.29, 1.82) is 0 Å². The molecule has 0 aliphatic heterocycles. The van der Waals surface area contributed by atoms with Gasteiger partial charge in [-0.1, -0.05) is 0 Å². The number of hydrogen-bond donors (Lipinski definition) is 1. The molecule has 6 heteroatoms. The maximum absolute atomic E-state index is 11.3. The Morgan fingerprint density at radius 3 is 2.19 bits per heavy atom. The predicted octanol–water partition coefficient (Wildman–Crippen LogP) is 1.42. The molecule has 0 aliphatic carbocycles. The van der Waals surface area contributed by atoms with Gasteiger partial charge in [-0.05, 0) is 18.2 Å². The Kier molecular flexibility index (Phi) is 3.49. The number of nitro benzene ring substituents is 1. The normalized spacial score (nSPS) is 10.2. The number of carboxylic acid groups (broad SMARTS) is 1. The van der Waals surface area contributed by atoms with Gasteiger partial charge in [0.2, 0.25) is 0 Å². The van der Waals surface area contributed by atoms with Gasteiger partial charge in [-0.25, -0.2) is 4.79 Å². The summed E-state index contributed by atoms with van der Waals surface area (Å²) in [5, 5.41) is 18.6. The van der Waals surface area contributed by atoms with Gasteiger partial charge in [0, 0.05) is 23.8 Å². The zero-order valence-corrected chi connectivity index (χ0v) is 7.99. The van der Waals surface area contributed by atoms with E-state index in [9.17, 15) is 19.7 Å². The smallest absolute Gasteiger partial charge is 0.328 e. The molecule has 0 aromatic heterocycles. The van der Waals surface area contributed by atoms with Gasteiger partial charge >= 0.3 is 5.97 Å². The van der Waals surface area contributed by atoms with E-state index in [-0.39, 0.29) is 11.3 Å². The number of non-ortho nitro benzene ring substituents is 1. The molecule has 0 radical (unpaired) electrons. The molecule has 0 atom stereocenters. The van der Waals surface area contributed by atoms with E-state index >= 15 is 0 Å². The summed E-state index contributed by atoms with van der Waals surface area (Å²) in [6.45, 7) is 0. The summed E-state index contributed by atoms with van der Waals surface area (Å²) >= 11 is 0. The van der Waals surface area contributed by atoms with E-state index in [2.05, 4.69) is 0 Å². The van der Waals surface area contributed by atoms with E-state index in [0.29, 0.717) is 6.08 Å². The number of carbonyl (C=O) groups is 2. The number of benzene rings is 1. The molecule has 82 valence electrons. The van der Waals surface area contributed by atoms with Gasteiger partial charge in [-0.3, -0.25) is 14.9 Å². The second-order valence-electron chi connectivity index (χ2n) is 2.84.